The Hall–Kier alpha value is -2.04. The SMILES string of the molecule is C=C.O=C1CCc2ncc([N+](=O)[O-])cc2C1. The lowest BCUT2D eigenvalue weighted by molar-refractivity contribution is -0.385. The van der Waals surface area contributed by atoms with Crippen LogP contribution in [-0.4, -0.2) is 15.7 Å². The number of hydrogen-bond acceptors (Lipinski definition) is 4. The number of rotatable bonds is 1. The lowest BCUT2D eigenvalue weighted by atomic mass is 9.95. The molecule has 1 aliphatic rings. The molecule has 0 saturated heterocycles. The zero-order valence-electron chi connectivity index (χ0n) is 8.81. The Balaban J connectivity index is 0.000000606. The van der Waals surface area contributed by atoms with E-state index in [1.807, 2.05) is 0 Å². The Morgan fingerprint density at radius 1 is 1.38 bits per heavy atom. The Labute approximate surface area is 93.0 Å². The van der Waals surface area contributed by atoms with Crippen LogP contribution in [-0.2, 0) is 17.6 Å². The van der Waals surface area contributed by atoms with Crippen LogP contribution in [0.5, 0.6) is 0 Å². The number of pyridine rings is 1. The first-order valence-corrected chi connectivity index (χ1v) is 4.80. The second-order valence-electron chi connectivity index (χ2n) is 3.27. The van der Waals surface area contributed by atoms with Gasteiger partial charge in [-0.1, -0.05) is 0 Å². The van der Waals surface area contributed by atoms with E-state index in [2.05, 4.69) is 18.1 Å². The van der Waals surface area contributed by atoms with Gasteiger partial charge in [-0.05, 0) is 12.0 Å². The number of fused-ring (bicyclic) bond motifs is 1. The second kappa shape index (κ2) is 5.16. The van der Waals surface area contributed by atoms with Crippen molar-refractivity contribution in [2.45, 2.75) is 19.3 Å². The topological polar surface area (TPSA) is 73.1 Å². The molecule has 0 atom stereocenters. The van der Waals surface area contributed by atoms with E-state index in [4.69, 9.17) is 0 Å². The highest BCUT2D eigenvalue weighted by Crippen LogP contribution is 2.21. The van der Waals surface area contributed by atoms with Crippen LogP contribution in [0, 0.1) is 10.1 Å². The number of aryl methyl sites for hydroxylation is 1. The minimum atomic E-state index is -0.494. The lowest BCUT2D eigenvalue weighted by Crippen LogP contribution is -2.14. The van der Waals surface area contributed by atoms with Gasteiger partial charge in [-0.25, -0.2) is 0 Å². The van der Waals surface area contributed by atoms with E-state index in [1.54, 1.807) is 0 Å². The number of carbonyl (C=O) groups excluding carboxylic acids is 1. The minimum absolute atomic E-state index is 0.0431. The van der Waals surface area contributed by atoms with Crippen molar-refractivity contribution in [3.05, 3.63) is 46.8 Å². The van der Waals surface area contributed by atoms with Crippen molar-refractivity contribution in [2.75, 3.05) is 0 Å². The van der Waals surface area contributed by atoms with Crippen LogP contribution < -0.4 is 0 Å². The lowest BCUT2D eigenvalue weighted by Gasteiger charge is -2.12. The largest absolute Gasteiger partial charge is 0.299 e. The van der Waals surface area contributed by atoms with Crippen molar-refractivity contribution >= 4 is 11.5 Å². The summed E-state index contributed by atoms with van der Waals surface area (Å²) in [6.45, 7) is 6.00. The standard InChI is InChI=1S/C9H8N2O3.C2H4/c12-8-1-2-9-6(4-8)3-7(5-10-9)11(13)14;1-2/h3,5H,1-2,4H2;1-2H2. The predicted molar refractivity (Wildman–Crippen MR) is 59.2 cm³/mol. The van der Waals surface area contributed by atoms with E-state index < -0.39 is 4.92 Å². The number of Topliss-reactive ketones (excluding diaryl/α,β-unsaturated/α-hetero) is 1. The highest BCUT2D eigenvalue weighted by Gasteiger charge is 2.19. The van der Waals surface area contributed by atoms with E-state index in [9.17, 15) is 14.9 Å². The highest BCUT2D eigenvalue weighted by atomic mass is 16.6. The summed E-state index contributed by atoms with van der Waals surface area (Å²) in [5.41, 5.74) is 1.48. The first-order valence-electron chi connectivity index (χ1n) is 4.80. The molecule has 84 valence electrons. The molecule has 0 unspecified atom stereocenters. The number of nitro groups is 1. The number of carbonyl (C=O) groups is 1. The highest BCUT2D eigenvalue weighted by molar-refractivity contribution is 5.83. The summed E-state index contributed by atoms with van der Waals surface area (Å²) in [6.07, 6.45) is 2.63. The third kappa shape index (κ3) is 2.50. The van der Waals surface area contributed by atoms with Crippen LogP contribution in [0.1, 0.15) is 17.7 Å². The van der Waals surface area contributed by atoms with Gasteiger partial charge in [-0.3, -0.25) is 19.9 Å². The van der Waals surface area contributed by atoms with Crippen LogP contribution in [0.25, 0.3) is 0 Å². The van der Waals surface area contributed by atoms with Crippen molar-refractivity contribution in [3.8, 4) is 0 Å². The van der Waals surface area contributed by atoms with Crippen molar-refractivity contribution in [3.63, 3.8) is 0 Å². The molecule has 0 radical (unpaired) electrons. The Morgan fingerprint density at radius 2 is 2.06 bits per heavy atom. The van der Waals surface area contributed by atoms with E-state index in [1.165, 1.54) is 12.3 Å². The zero-order chi connectivity index (χ0) is 12.1. The van der Waals surface area contributed by atoms with Gasteiger partial charge in [0.15, 0.2) is 0 Å². The molecule has 1 aromatic heterocycles. The van der Waals surface area contributed by atoms with Crippen LogP contribution in [0.4, 0.5) is 5.69 Å². The fraction of sp³-hybridized carbons (Fsp3) is 0.273. The Morgan fingerprint density at radius 3 is 2.69 bits per heavy atom. The fourth-order valence-electron chi connectivity index (χ4n) is 1.56. The molecular weight excluding hydrogens is 208 g/mol. The number of hydrogen-bond donors (Lipinski definition) is 0. The molecule has 5 nitrogen and oxygen atoms in total. The third-order valence-corrected chi connectivity index (χ3v) is 2.28. The summed E-state index contributed by atoms with van der Waals surface area (Å²) in [5.74, 6) is 0.125. The number of ketones is 1. The Bertz CT molecular complexity index is 429. The van der Waals surface area contributed by atoms with Gasteiger partial charge in [0.05, 0.1) is 4.92 Å². The van der Waals surface area contributed by atoms with Crippen molar-refractivity contribution < 1.29 is 9.72 Å². The summed E-state index contributed by atoms with van der Waals surface area (Å²) in [6, 6.07) is 1.44. The molecule has 1 heterocycles. The van der Waals surface area contributed by atoms with Gasteiger partial charge in [-0.15, -0.1) is 13.2 Å². The molecule has 0 aromatic carbocycles. The monoisotopic (exact) mass is 220 g/mol. The summed E-state index contributed by atoms with van der Waals surface area (Å²) in [5, 5.41) is 10.4. The fourth-order valence-corrected chi connectivity index (χ4v) is 1.56. The molecule has 0 saturated carbocycles. The molecule has 2 rings (SSSR count). The number of nitrogens with zero attached hydrogens (tertiary/aromatic N) is 2. The van der Waals surface area contributed by atoms with Gasteiger partial charge >= 0.3 is 0 Å². The van der Waals surface area contributed by atoms with Gasteiger partial charge in [0.25, 0.3) is 5.69 Å². The van der Waals surface area contributed by atoms with Gasteiger partial charge in [0.1, 0.15) is 12.0 Å². The van der Waals surface area contributed by atoms with Crippen LogP contribution in [0.2, 0.25) is 0 Å². The smallest absolute Gasteiger partial charge is 0.287 e. The molecule has 0 spiro atoms. The molecule has 0 bridgehead atoms. The van der Waals surface area contributed by atoms with E-state index >= 15 is 0 Å². The molecule has 0 N–H and O–H groups in total. The average Bonchev–Trinajstić information content (AvgIpc) is 2.30. The molecule has 1 aromatic rings. The summed E-state index contributed by atoms with van der Waals surface area (Å²) in [7, 11) is 0. The number of aromatic nitrogens is 1. The summed E-state index contributed by atoms with van der Waals surface area (Å²) >= 11 is 0. The van der Waals surface area contributed by atoms with E-state index in [-0.39, 0.29) is 17.9 Å². The first kappa shape index (κ1) is 12.0. The minimum Gasteiger partial charge on any atom is -0.299 e. The summed E-state index contributed by atoms with van der Waals surface area (Å²) < 4.78 is 0. The molecule has 1 aliphatic carbocycles. The van der Waals surface area contributed by atoms with Gasteiger partial charge in [0, 0.05) is 24.6 Å². The van der Waals surface area contributed by atoms with Crippen molar-refractivity contribution in [2.24, 2.45) is 0 Å². The van der Waals surface area contributed by atoms with Crippen molar-refractivity contribution in [1.29, 1.82) is 0 Å². The zero-order valence-corrected chi connectivity index (χ0v) is 8.81. The average molecular weight is 220 g/mol. The molecule has 0 aliphatic heterocycles. The first-order chi connectivity index (χ1) is 7.66. The maximum Gasteiger partial charge on any atom is 0.287 e. The molecular formula is C11H12N2O3. The third-order valence-electron chi connectivity index (χ3n) is 2.28. The molecule has 0 fully saturated rings. The molecule has 5 heteroatoms. The quantitative estimate of drug-likeness (QED) is 0.411. The Kier molecular flexibility index (Phi) is 3.88. The van der Waals surface area contributed by atoms with Crippen LogP contribution in [0.15, 0.2) is 25.4 Å². The molecule has 16 heavy (non-hydrogen) atoms. The van der Waals surface area contributed by atoms with Gasteiger partial charge in [0.2, 0.25) is 0 Å². The maximum atomic E-state index is 11.1. The van der Waals surface area contributed by atoms with Crippen molar-refractivity contribution in [1.82, 2.24) is 4.98 Å². The maximum absolute atomic E-state index is 11.1. The van der Waals surface area contributed by atoms with Crippen LogP contribution in [0.3, 0.4) is 0 Å². The van der Waals surface area contributed by atoms with E-state index in [0.717, 1.165) is 5.69 Å². The van der Waals surface area contributed by atoms with E-state index in [0.29, 0.717) is 18.4 Å². The summed E-state index contributed by atoms with van der Waals surface area (Å²) in [4.78, 5) is 25.0. The van der Waals surface area contributed by atoms with Crippen LogP contribution >= 0.6 is 0 Å². The second-order valence-corrected chi connectivity index (χ2v) is 3.27. The normalized spacial score (nSPS) is 13.4. The molecule has 0 amide bonds. The predicted octanol–water partition coefficient (Wildman–Crippen LogP) is 1.85. The van der Waals surface area contributed by atoms with Gasteiger partial charge < -0.3 is 0 Å². The van der Waals surface area contributed by atoms with Gasteiger partial charge in [-0.2, -0.15) is 0 Å².